The Morgan fingerprint density at radius 1 is 1.09 bits per heavy atom. The van der Waals surface area contributed by atoms with Crippen molar-refractivity contribution in [2.24, 2.45) is 7.05 Å². The van der Waals surface area contributed by atoms with E-state index < -0.39 is 0 Å². The van der Waals surface area contributed by atoms with E-state index in [-0.39, 0.29) is 24.9 Å². The summed E-state index contributed by atoms with van der Waals surface area (Å²) in [6, 6.07) is 12.3. The van der Waals surface area contributed by atoms with Crippen LogP contribution in [0.4, 0.5) is 5.69 Å². The first-order valence-electron chi connectivity index (χ1n) is 12.4. The second kappa shape index (κ2) is 10.9. The van der Waals surface area contributed by atoms with Gasteiger partial charge in [-0.15, -0.1) is 0 Å². The zero-order valence-electron chi connectivity index (χ0n) is 21.3. The molecular formula is C27H36N6O2. The highest BCUT2D eigenvalue weighted by atomic mass is 16.2. The van der Waals surface area contributed by atoms with E-state index in [1.54, 1.807) is 9.69 Å². The molecular weight excluding hydrogens is 440 g/mol. The van der Waals surface area contributed by atoms with Crippen LogP contribution in [0.15, 0.2) is 42.6 Å². The van der Waals surface area contributed by atoms with Crippen molar-refractivity contribution in [3.05, 3.63) is 59.3 Å². The fraction of sp³-hybridized carbons (Fsp3) is 0.444. The molecule has 186 valence electrons. The average Bonchev–Trinajstić information content (AvgIpc) is 3.42. The smallest absolute Gasteiger partial charge is 0.256 e. The van der Waals surface area contributed by atoms with Crippen molar-refractivity contribution in [2.45, 2.75) is 46.2 Å². The van der Waals surface area contributed by atoms with E-state index in [0.29, 0.717) is 19.6 Å². The van der Waals surface area contributed by atoms with Gasteiger partial charge in [0.05, 0.1) is 18.6 Å². The molecule has 0 fully saturated rings. The standard InChI is InChI=1S/C27H36N6O2/c1-5-6-9-12-28-26(34)18-32(25-14-24-23(13-20(25)2)15-30(3)29-24)19-27(35)31(4)33-16-21-10-7-8-11-22(21)17-33/h7-8,10-11,13-15H,5-6,9,12,16-19H2,1-4H3,(H,28,34). The Morgan fingerprint density at radius 2 is 1.80 bits per heavy atom. The Balaban J connectivity index is 1.51. The number of carbonyl (C=O) groups excluding carboxylic acids is 2. The van der Waals surface area contributed by atoms with Gasteiger partial charge in [0.1, 0.15) is 0 Å². The van der Waals surface area contributed by atoms with Crippen LogP contribution in [0.25, 0.3) is 10.9 Å². The number of amides is 2. The molecule has 0 unspecified atom stereocenters. The van der Waals surface area contributed by atoms with Gasteiger partial charge in [0.15, 0.2) is 0 Å². The topological polar surface area (TPSA) is 73.7 Å². The van der Waals surface area contributed by atoms with Crippen LogP contribution in [0.3, 0.4) is 0 Å². The number of hydrogen-bond acceptors (Lipinski definition) is 5. The third-order valence-electron chi connectivity index (χ3n) is 6.65. The molecule has 2 aromatic carbocycles. The molecule has 1 N–H and O–H groups in total. The quantitative estimate of drug-likeness (QED) is 0.454. The number of likely N-dealkylation sites (N-methyl/N-ethyl adjacent to an activating group) is 1. The van der Waals surface area contributed by atoms with Crippen molar-refractivity contribution in [1.29, 1.82) is 0 Å². The molecule has 1 aromatic heterocycles. The van der Waals surface area contributed by atoms with Gasteiger partial charge in [0.25, 0.3) is 5.91 Å². The summed E-state index contributed by atoms with van der Waals surface area (Å²) < 4.78 is 1.78. The van der Waals surface area contributed by atoms with Crippen molar-refractivity contribution >= 4 is 28.4 Å². The first-order valence-corrected chi connectivity index (χ1v) is 12.4. The number of hydrogen-bond donors (Lipinski definition) is 1. The van der Waals surface area contributed by atoms with Crippen LogP contribution in [-0.2, 0) is 29.7 Å². The van der Waals surface area contributed by atoms with Crippen LogP contribution < -0.4 is 10.2 Å². The van der Waals surface area contributed by atoms with Crippen LogP contribution >= 0.6 is 0 Å². The second-order valence-corrected chi connectivity index (χ2v) is 9.42. The summed E-state index contributed by atoms with van der Waals surface area (Å²) in [5.41, 5.74) is 5.19. The summed E-state index contributed by atoms with van der Waals surface area (Å²) in [7, 11) is 3.70. The van der Waals surface area contributed by atoms with E-state index in [9.17, 15) is 9.59 Å². The van der Waals surface area contributed by atoms with Crippen LogP contribution in [0.5, 0.6) is 0 Å². The molecule has 2 heterocycles. The van der Waals surface area contributed by atoms with E-state index >= 15 is 0 Å². The number of anilines is 1. The molecule has 0 saturated carbocycles. The van der Waals surface area contributed by atoms with Crippen LogP contribution in [0, 0.1) is 6.92 Å². The third-order valence-corrected chi connectivity index (χ3v) is 6.65. The summed E-state index contributed by atoms with van der Waals surface area (Å²) >= 11 is 0. The molecule has 0 radical (unpaired) electrons. The first-order chi connectivity index (χ1) is 16.9. The molecule has 1 aliphatic heterocycles. The van der Waals surface area contributed by atoms with Gasteiger partial charge in [-0.2, -0.15) is 5.10 Å². The summed E-state index contributed by atoms with van der Waals surface area (Å²) in [5, 5.41) is 12.3. The number of benzene rings is 2. The van der Waals surface area contributed by atoms with Crippen LogP contribution in [0.2, 0.25) is 0 Å². The van der Waals surface area contributed by atoms with Gasteiger partial charge in [-0.3, -0.25) is 19.3 Å². The van der Waals surface area contributed by atoms with Gasteiger partial charge in [0, 0.05) is 51.0 Å². The molecule has 35 heavy (non-hydrogen) atoms. The molecule has 4 rings (SSSR count). The summed E-state index contributed by atoms with van der Waals surface area (Å²) in [4.78, 5) is 28.1. The number of aryl methyl sites for hydroxylation is 2. The molecule has 0 saturated heterocycles. The molecule has 8 nitrogen and oxygen atoms in total. The highest BCUT2D eigenvalue weighted by Crippen LogP contribution is 2.27. The Bertz CT molecular complexity index is 1180. The molecule has 3 aromatic rings. The molecule has 1 aliphatic rings. The fourth-order valence-electron chi connectivity index (χ4n) is 4.65. The van der Waals surface area contributed by atoms with Gasteiger partial charge in [0.2, 0.25) is 5.91 Å². The lowest BCUT2D eigenvalue weighted by molar-refractivity contribution is -0.145. The minimum absolute atomic E-state index is 0.0582. The second-order valence-electron chi connectivity index (χ2n) is 9.42. The molecule has 0 aliphatic carbocycles. The maximum Gasteiger partial charge on any atom is 0.256 e. The Morgan fingerprint density at radius 3 is 2.49 bits per heavy atom. The predicted molar refractivity (Wildman–Crippen MR) is 139 cm³/mol. The number of fused-ring (bicyclic) bond motifs is 2. The van der Waals surface area contributed by atoms with Crippen LogP contribution in [-0.4, -0.2) is 58.3 Å². The number of rotatable bonds is 10. The van der Waals surface area contributed by atoms with Crippen LogP contribution in [0.1, 0.15) is 42.9 Å². The van der Waals surface area contributed by atoms with Crippen molar-refractivity contribution < 1.29 is 9.59 Å². The third kappa shape index (κ3) is 5.82. The van der Waals surface area contributed by atoms with Gasteiger partial charge in [-0.1, -0.05) is 44.0 Å². The van der Waals surface area contributed by atoms with Crippen molar-refractivity contribution in [2.75, 3.05) is 31.6 Å². The minimum atomic E-state index is -0.0781. The monoisotopic (exact) mass is 476 g/mol. The normalized spacial score (nSPS) is 13.1. The molecule has 8 heteroatoms. The molecule has 0 bridgehead atoms. The predicted octanol–water partition coefficient (Wildman–Crippen LogP) is 3.38. The van der Waals surface area contributed by atoms with E-state index in [2.05, 4.69) is 35.5 Å². The molecule has 2 amide bonds. The van der Waals surface area contributed by atoms with E-state index in [1.807, 2.05) is 55.3 Å². The Kier molecular flexibility index (Phi) is 7.70. The van der Waals surface area contributed by atoms with Gasteiger partial charge >= 0.3 is 0 Å². The first kappa shape index (κ1) is 24.7. The minimum Gasteiger partial charge on any atom is -0.355 e. The lowest BCUT2D eigenvalue weighted by Gasteiger charge is -2.32. The number of aromatic nitrogens is 2. The SMILES string of the molecule is CCCCCNC(=O)CN(CC(=O)N(C)N1Cc2ccccc2C1)c1cc2nn(C)cc2cc1C. The van der Waals surface area contributed by atoms with Gasteiger partial charge in [-0.25, -0.2) is 5.01 Å². The summed E-state index contributed by atoms with van der Waals surface area (Å²) in [5.74, 6) is -0.136. The zero-order chi connectivity index (χ0) is 24.9. The highest BCUT2D eigenvalue weighted by Gasteiger charge is 2.27. The summed E-state index contributed by atoms with van der Waals surface area (Å²) in [6.45, 7) is 6.43. The van der Waals surface area contributed by atoms with Gasteiger partial charge in [-0.05, 0) is 42.2 Å². The number of hydrazine groups is 1. The van der Waals surface area contributed by atoms with Gasteiger partial charge < -0.3 is 10.2 Å². The molecule has 0 atom stereocenters. The lowest BCUT2D eigenvalue weighted by Crippen LogP contribution is -2.48. The fourth-order valence-corrected chi connectivity index (χ4v) is 4.65. The number of carbonyl (C=O) groups is 2. The Hall–Kier alpha value is -3.39. The van der Waals surface area contributed by atoms with Crippen molar-refractivity contribution in [3.63, 3.8) is 0 Å². The number of nitrogens with one attached hydrogen (secondary N) is 1. The number of nitrogens with zero attached hydrogens (tertiary/aromatic N) is 5. The van der Waals surface area contributed by atoms with Crippen molar-refractivity contribution in [1.82, 2.24) is 25.1 Å². The number of unbranched alkanes of at least 4 members (excludes halogenated alkanes) is 2. The maximum atomic E-state index is 13.4. The highest BCUT2D eigenvalue weighted by molar-refractivity contribution is 5.90. The largest absolute Gasteiger partial charge is 0.355 e. The maximum absolute atomic E-state index is 13.4. The Labute approximate surface area is 207 Å². The molecule has 0 spiro atoms. The van der Waals surface area contributed by atoms with E-state index in [0.717, 1.165) is 41.4 Å². The van der Waals surface area contributed by atoms with E-state index in [1.165, 1.54) is 11.1 Å². The van der Waals surface area contributed by atoms with Crippen molar-refractivity contribution in [3.8, 4) is 0 Å². The van der Waals surface area contributed by atoms with E-state index in [4.69, 9.17) is 0 Å². The summed E-state index contributed by atoms with van der Waals surface area (Å²) in [6.07, 6.45) is 5.12. The lowest BCUT2D eigenvalue weighted by atomic mass is 10.1. The average molecular weight is 477 g/mol. The zero-order valence-corrected chi connectivity index (χ0v) is 21.3.